The average molecular weight is 261 g/mol. The fraction of sp³-hybridized carbons (Fsp3) is 1.00. The first kappa shape index (κ1) is 17.1. The summed E-state index contributed by atoms with van der Waals surface area (Å²) in [5.41, 5.74) is 0. The summed E-state index contributed by atoms with van der Waals surface area (Å²) in [5, 5.41) is 3.49. The Morgan fingerprint density at radius 3 is 2.24 bits per heavy atom. The van der Waals surface area contributed by atoms with Crippen LogP contribution in [-0.2, 0) is 10.8 Å². The van der Waals surface area contributed by atoms with Crippen LogP contribution in [0.1, 0.15) is 65.7 Å². The topological polar surface area (TPSA) is 29.1 Å². The minimum absolute atomic E-state index is 0.562. The van der Waals surface area contributed by atoms with E-state index in [0.29, 0.717) is 6.04 Å². The molecule has 0 rings (SSSR count). The predicted octanol–water partition coefficient (Wildman–Crippen LogP) is 3.48. The molecule has 0 fully saturated rings. The molecule has 1 N–H and O–H groups in total. The fourth-order valence-corrected chi connectivity index (χ4v) is 3.08. The number of hydrogen-bond donors (Lipinski definition) is 1. The van der Waals surface area contributed by atoms with Gasteiger partial charge in [0.1, 0.15) is 0 Å². The predicted molar refractivity (Wildman–Crippen MR) is 79.0 cm³/mol. The third-order valence-corrected chi connectivity index (χ3v) is 4.47. The molecular formula is C14H31NOS. The van der Waals surface area contributed by atoms with E-state index in [1.807, 2.05) is 0 Å². The van der Waals surface area contributed by atoms with E-state index < -0.39 is 10.8 Å². The van der Waals surface area contributed by atoms with Crippen LogP contribution in [-0.4, -0.2) is 28.3 Å². The molecule has 0 radical (unpaired) electrons. The zero-order chi connectivity index (χ0) is 12.9. The molecule has 0 heterocycles. The maximum atomic E-state index is 11.6. The Morgan fingerprint density at radius 1 is 1.00 bits per heavy atom. The molecule has 0 aromatic rings. The SMILES string of the molecule is CCCCCS(=O)CCCCC(C)NCCC. The Kier molecular flexibility index (Phi) is 12.6. The van der Waals surface area contributed by atoms with Gasteiger partial charge in [-0.2, -0.15) is 0 Å². The standard InChI is InChI=1S/C14H31NOS/c1-4-6-8-12-17(16)13-9-7-10-14(3)15-11-5-2/h14-15H,4-13H2,1-3H3. The van der Waals surface area contributed by atoms with E-state index in [2.05, 4.69) is 26.1 Å². The normalized spacial score (nSPS) is 14.8. The van der Waals surface area contributed by atoms with Gasteiger partial charge >= 0.3 is 0 Å². The molecule has 0 saturated heterocycles. The minimum Gasteiger partial charge on any atom is -0.314 e. The molecule has 0 aromatic heterocycles. The van der Waals surface area contributed by atoms with Gasteiger partial charge in [-0.1, -0.05) is 33.1 Å². The van der Waals surface area contributed by atoms with Crippen molar-refractivity contribution < 1.29 is 4.21 Å². The van der Waals surface area contributed by atoms with Gasteiger partial charge in [-0.25, -0.2) is 0 Å². The maximum absolute atomic E-state index is 11.6. The molecule has 2 nitrogen and oxygen atoms in total. The van der Waals surface area contributed by atoms with Crippen LogP contribution in [0.5, 0.6) is 0 Å². The Morgan fingerprint density at radius 2 is 1.65 bits per heavy atom. The second-order valence-corrected chi connectivity index (χ2v) is 6.60. The van der Waals surface area contributed by atoms with E-state index in [1.165, 1.54) is 32.1 Å². The molecule has 17 heavy (non-hydrogen) atoms. The zero-order valence-corrected chi connectivity index (χ0v) is 12.8. The quantitative estimate of drug-likeness (QED) is 0.545. The van der Waals surface area contributed by atoms with Crippen LogP contribution in [0.4, 0.5) is 0 Å². The largest absolute Gasteiger partial charge is 0.314 e. The fourth-order valence-electron chi connectivity index (χ4n) is 1.82. The van der Waals surface area contributed by atoms with Crippen LogP contribution in [0, 0.1) is 0 Å². The van der Waals surface area contributed by atoms with Crippen LogP contribution in [0.3, 0.4) is 0 Å². The van der Waals surface area contributed by atoms with Crippen LogP contribution < -0.4 is 5.32 Å². The summed E-state index contributed by atoms with van der Waals surface area (Å²) < 4.78 is 11.6. The maximum Gasteiger partial charge on any atom is 0.0234 e. The molecule has 0 amide bonds. The van der Waals surface area contributed by atoms with E-state index in [1.54, 1.807) is 0 Å². The van der Waals surface area contributed by atoms with Crippen LogP contribution in [0.25, 0.3) is 0 Å². The molecule has 0 aliphatic carbocycles. The van der Waals surface area contributed by atoms with Crippen LogP contribution >= 0.6 is 0 Å². The first-order valence-electron chi connectivity index (χ1n) is 7.29. The number of nitrogens with one attached hydrogen (secondary N) is 1. The first-order chi connectivity index (χ1) is 8.20. The third-order valence-electron chi connectivity index (χ3n) is 2.98. The van der Waals surface area contributed by atoms with Gasteiger partial charge in [0, 0.05) is 28.3 Å². The Bertz CT molecular complexity index is 185. The monoisotopic (exact) mass is 261 g/mol. The van der Waals surface area contributed by atoms with Gasteiger partial charge in [-0.15, -0.1) is 0 Å². The van der Waals surface area contributed by atoms with Crippen molar-refractivity contribution in [3.8, 4) is 0 Å². The van der Waals surface area contributed by atoms with Crippen molar-refractivity contribution in [3.05, 3.63) is 0 Å². The second-order valence-electron chi connectivity index (χ2n) is 4.91. The summed E-state index contributed by atoms with van der Waals surface area (Å²) in [6.07, 6.45) is 8.32. The summed E-state index contributed by atoms with van der Waals surface area (Å²) >= 11 is 0. The lowest BCUT2D eigenvalue weighted by atomic mass is 10.1. The Labute approximate surface area is 110 Å². The van der Waals surface area contributed by atoms with E-state index in [-0.39, 0.29) is 0 Å². The summed E-state index contributed by atoms with van der Waals surface area (Å²) in [6, 6.07) is 0.614. The van der Waals surface area contributed by atoms with Crippen molar-refractivity contribution in [3.63, 3.8) is 0 Å². The van der Waals surface area contributed by atoms with Crippen LogP contribution in [0.2, 0.25) is 0 Å². The lowest BCUT2D eigenvalue weighted by Gasteiger charge is -2.12. The third kappa shape index (κ3) is 12.4. The van der Waals surface area contributed by atoms with Gasteiger partial charge in [-0.05, 0) is 39.2 Å². The van der Waals surface area contributed by atoms with E-state index in [9.17, 15) is 4.21 Å². The lowest BCUT2D eigenvalue weighted by molar-refractivity contribution is 0.495. The van der Waals surface area contributed by atoms with E-state index >= 15 is 0 Å². The summed E-state index contributed by atoms with van der Waals surface area (Å²) in [7, 11) is -0.562. The highest BCUT2D eigenvalue weighted by molar-refractivity contribution is 7.84. The van der Waals surface area contributed by atoms with Gasteiger partial charge in [0.05, 0.1) is 0 Å². The van der Waals surface area contributed by atoms with Crippen molar-refractivity contribution in [2.45, 2.75) is 71.8 Å². The summed E-state index contributed by atoms with van der Waals surface area (Å²) in [4.78, 5) is 0. The number of unbranched alkanes of at least 4 members (excludes halogenated alkanes) is 3. The average Bonchev–Trinajstić information content (AvgIpc) is 2.32. The molecule has 2 unspecified atom stereocenters. The molecule has 0 spiro atoms. The Balaban J connectivity index is 3.29. The highest BCUT2D eigenvalue weighted by atomic mass is 32.2. The molecule has 0 aliphatic heterocycles. The number of rotatable bonds is 12. The van der Waals surface area contributed by atoms with Gasteiger partial charge in [0.25, 0.3) is 0 Å². The molecule has 0 aliphatic rings. The van der Waals surface area contributed by atoms with Crippen LogP contribution in [0.15, 0.2) is 0 Å². The highest BCUT2D eigenvalue weighted by Crippen LogP contribution is 2.04. The molecule has 2 atom stereocenters. The van der Waals surface area contributed by atoms with Gasteiger partial charge in [-0.3, -0.25) is 4.21 Å². The molecule has 0 saturated carbocycles. The van der Waals surface area contributed by atoms with Crippen molar-refractivity contribution in [1.82, 2.24) is 5.32 Å². The minimum atomic E-state index is -0.562. The summed E-state index contributed by atoms with van der Waals surface area (Å²) in [6.45, 7) is 7.74. The van der Waals surface area contributed by atoms with Crippen molar-refractivity contribution in [1.29, 1.82) is 0 Å². The number of hydrogen-bond acceptors (Lipinski definition) is 2. The second kappa shape index (κ2) is 12.6. The Hall–Kier alpha value is 0.110. The van der Waals surface area contributed by atoms with Gasteiger partial charge in [0.2, 0.25) is 0 Å². The summed E-state index contributed by atoms with van der Waals surface area (Å²) in [5.74, 6) is 1.82. The molecular weight excluding hydrogens is 230 g/mol. The highest BCUT2D eigenvalue weighted by Gasteiger charge is 2.02. The molecule has 3 heteroatoms. The first-order valence-corrected chi connectivity index (χ1v) is 8.77. The molecule has 0 bridgehead atoms. The van der Waals surface area contributed by atoms with E-state index in [4.69, 9.17) is 0 Å². The lowest BCUT2D eigenvalue weighted by Crippen LogP contribution is -2.26. The smallest absolute Gasteiger partial charge is 0.0234 e. The van der Waals surface area contributed by atoms with Crippen molar-refractivity contribution in [2.24, 2.45) is 0 Å². The van der Waals surface area contributed by atoms with Gasteiger partial charge in [0.15, 0.2) is 0 Å². The van der Waals surface area contributed by atoms with Crippen molar-refractivity contribution in [2.75, 3.05) is 18.1 Å². The molecule has 0 aromatic carbocycles. The van der Waals surface area contributed by atoms with E-state index in [0.717, 1.165) is 30.9 Å². The zero-order valence-electron chi connectivity index (χ0n) is 12.0. The van der Waals surface area contributed by atoms with Gasteiger partial charge < -0.3 is 5.32 Å². The molecule has 104 valence electrons. The van der Waals surface area contributed by atoms with Crippen molar-refractivity contribution >= 4 is 10.8 Å².